The number of hydrogen-bond acceptors (Lipinski definition) is 4. The van der Waals surface area contributed by atoms with Gasteiger partial charge in [-0.1, -0.05) is 50.6 Å². The predicted octanol–water partition coefficient (Wildman–Crippen LogP) is 3.89. The molecular formula is C17H22ClNO3S. The van der Waals surface area contributed by atoms with Crippen LogP contribution in [0.1, 0.15) is 38.1 Å². The normalized spacial score (nSPS) is 20.8. The third kappa shape index (κ3) is 4.01. The lowest BCUT2D eigenvalue weighted by Crippen LogP contribution is -2.45. The summed E-state index contributed by atoms with van der Waals surface area (Å²) in [5, 5.41) is 0.354. The number of ether oxygens (including phenoxy) is 1. The monoisotopic (exact) mass is 355 g/mol. The van der Waals surface area contributed by atoms with Crippen molar-refractivity contribution in [2.45, 2.75) is 38.6 Å². The van der Waals surface area contributed by atoms with Crippen molar-refractivity contribution in [3.8, 4) is 0 Å². The van der Waals surface area contributed by atoms with E-state index in [1.807, 2.05) is 39.0 Å². The quantitative estimate of drug-likeness (QED) is 0.752. The van der Waals surface area contributed by atoms with E-state index in [-0.39, 0.29) is 23.2 Å². The molecule has 2 unspecified atom stereocenters. The van der Waals surface area contributed by atoms with Crippen LogP contribution < -0.4 is 0 Å². The second kappa shape index (κ2) is 8.06. The third-order valence-corrected chi connectivity index (χ3v) is 5.29. The molecule has 23 heavy (non-hydrogen) atoms. The summed E-state index contributed by atoms with van der Waals surface area (Å²) in [6, 6.07) is 6.90. The van der Waals surface area contributed by atoms with Gasteiger partial charge in [0, 0.05) is 22.3 Å². The first-order valence-corrected chi connectivity index (χ1v) is 9.24. The zero-order valence-electron chi connectivity index (χ0n) is 13.6. The highest BCUT2D eigenvalue weighted by Gasteiger charge is 2.44. The van der Waals surface area contributed by atoms with Crippen molar-refractivity contribution in [1.29, 1.82) is 0 Å². The van der Waals surface area contributed by atoms with Crippen LogP contribution in [0, 0.1) is 5.92 Å². The van der Waals surface area contributed by atoms with Gasteiger partial charge in [-0.15, -0.1) is 11.8 Å². The number of carbonyl (C=O) groups excluding carboxylic acids is 2. The van der Waals surface area contributed by atoms with Gasteiger partial charge < -0.3 is 9.64 Å². The molecule has 2 atom stereocenters. The predicted molar refractivity (Wildman–Crippen MR) is 93.4 cm³/mol. The number of halogens is 1. The zero-order chi connectivity index (χ0) is 17.0. The van der Waals surface area contributed by atoms with Gasteiger partial charge in [0.2, 0.25) is 5.91 Å². The van der Waals surface area contributed by atoms with Gasteiger partial charge >= 0.3 is 5.97 Å². The molecular weight excluding hydrogens is 334 g/mol. The van der Waals surface area contributed by atoms with Crippen LogP contribution in [-0.2, 0) is 14.3 Å². The first kappa shape index (κ1) is 18.1. The van der Waals surface area contributed by atoms with Crippen molar-refractivity contribution in [2.24, 2.45) is 5.92 Å². The van der Waals surface area contributed by atoms with Crippen molar-refractivity contribution < 1.29 is 14.3 Å². The number of nitrogens with zero attached hydrogens (tertiary/aromatic N) is 1. The molecule has 1 aromatic carbocycles. The zero-order valence-corrected chi connectivity index (χ0v) is 15.2. The minimum Gasteiger partial charge on any atom is -0.464 e. The SMILES string of the molecule is CCCOC(=O)C1CSC(c2ccccc2Cl)N1C(=O)C(C)C. The molecule has 0 spiro atoms. The second-order valence-corrected chi connectivity index (χ2v) is 7.31. The van der Waals surface area contributed by atoms with Crippen LogP contribution >= 0.6 is 23.4 Å². The van der Waals surface area contributed by atoms with Crippen molar-refractivity contribution in [1.82, 2.24) is 4.90 Å². The van der Waals surface area contributed by atoms with E-state index in [0.717, 1.165) is 12.0 Å². The van der Waals surface area contributed by atoms with Crippen LogP contribution in [0.5, 0.6) is 0 Å². The van der Waals surface area contributed by atoms with E-state index in [4.69, 9.17) is 16.3 Å². The maximum absolute atomic E-state index is 12.7. The van der Waals surface area contributed by atoms with Crippen LogP contribution in [0.2, 0.25) is 5.02 Å². The minimum absolute atomic E-state index is 0.0571. The Kier molecular flexibility index (Phi) is 6.36. The Morgan fingerprint density at radius 1 is 1.39 bits per heavy atom. The van der Waals surface area contributed by atoms with Crippen LogP contribution in [0.3, 0.4) is 0 Å². The first-order chi connectivity index (χ1) is 11.0. The molecule has 126 valence electrons. The number of benzene rings is 1. The summed E-state index contributed by atoms with van der Waals surface area (Å²) in [6.07, 6.45) is 0.762. The Bertz CT molecular complexity index is 579. The number of rotatable bonds is 5. The van der Waals surface area contributed by atoms with Gasteiger partial charge in [0.15, 0.2) is 0 Å². The lowest BCUT2D eigenvalue weighted by Gasteiger charge is -2.30. The van der Waals surface area contributed by atoms with Crippen LogP contribution in [0.4, 0.5) is 0 Å². The Hall–Kier alpha value is -1.20. The summed E-state index contributed by atoms with van der Waals surface area (Å²) >= 11 is 7.85. The second-order valence-electron chi connectivity index (χ2n) is 5.79. The number of thioether (sulfide) groups is 1. The largest absolute Gasteiger partial charge is 0.464 e. The van der Waals surface area contributed by atoms with Gasteiger partial charge in [0.1, 0.15) is 11.4 Å². The molecule has 1 amide bonds. The van der Waals surface area contributed by atoms with Gasteiger partial charge in [0.25, 0.3) is 0 Å². The number of amides is 1. The van der Waals surface area contributed by atoms with Crippen molar-refractivity contribution in [3.63, 3.8) is 0 Å². The van der Waals surface area contributed by atoms with Crippen molar-refractivity contribution in [2.75, 3.05) is 12.4 Å². The Balaban J connectivity index is 2.31. The molecule has 1 aromatic rings. The van der Waals surface area contributed by atoms with Crippen LogP contribution in [0.25, 0.3) is 0 Å². The molecule has 0 radical (unpaired) electrons. The molecule has 4 nitrogen and oxygen atoms in total. The van der Waals surface area contributed by atoms with Crippen molar-refractivity contribution in [3.05, 3.63) is 34.9 Å². The van der Waals surface area contributed by atoms with Gasteiger partial charge in [-0.05, 0) is 12.5 Å². The molecule has 2 rings (SSSR count). The third-order valence-electron chi connectivity index (χ3n) is 3.64. The van der Waals surface area contributed by atoms with Crippen LogP contribution in [-0.4, -0.2) is 35.2 Å². The average Bonchev–Trinajstić information content (AvgIpc) is 2.96. The maximum atomic E-state index is 12.7. The molecule has 0 aromatic heterocycles. The molecule has 1 saturated heterocycles. The standard InChI is InChI=1S/C17H22ClNO3S/c1-4-9-22-17(21)14-10-23-16(19(14)15(20)11(2)3)12-7-5-6-8-13(12)18/h5-8,11,14,16H,4,9-10H2,1-3H3. The maximum Gasteiger partial charge on any atom is 0.329 e. The fourth-order valence-corrected chi connectivity index (χ4v) is 4.23. The molecule has 0 saturated carbocycles. The Labute approximate surface area is 146 Å². The molecule has 1 aliphatic heterocycles. The fraction of sp³-hybridized carbons (Fsp3) is 0.529. The molecule has 0 N–H and O–H groups in total. The summed E-state index contributed by atoms with van der Waals surface area (Å²) in [5.74, 6) is -0.0573. The number of hydrogen-bond donors (Lipinski definition) is 0. The summed E-state index contributed by atoms with van der Waals surface area (Å²) < 4.78 is 5.27. The first-order valence-electron chi connectivity index (χ1n) is 7.82. The Morgan fingerprint density at radius 3 is 2.70 bits per heavy atom. The van der Waals surface area contributed by atoms with Gasteiger partial charge in [-0.25, -0.2) is 4.79 Å². The highest BCUT2D eigenvalue weighted by molar-refractivity contribution is 7.99. The molecule has 0 bridgehead atoms. The number of esters is 1. The molecule has 1 heterocycles. The van der Waals surface area contributed by atoms with Gasteiger partial charge in [-0.3, -0.25) is 4.79 Å². The lowest BCUT2D eigenvalue weighted by atomic mass is 10.1. The van der Waals surface area contributed by atoms with Crippen molar-refractivity contribution >= 4 is 35.2 Å². The van der Waals surface area contributed by atoms with E-state index in [1.54, 1.807) is 22.7 Å². The summed E-state index contributed by atoms with van der Waals surface area (Å²) in [4.78, 5) is 26.7. The summed E-state index contributed by atoms with van der Waals surface area (Å²) in [6.45, 7) is 5.99. The van der Waals surface area contributed by atoms with Gasteiger partial charge in [-0.2, -0.15) is 0 Å². The minimum atomic E-state index is -0.553. The summed E-state index contributed by atoms with van der Waals surface area (Å²) in [7, 11) is 0. The van der Waals surface area contributed by atoms with E-state index in [9.17, 15) is 9.59 Å². The van der Waals surface area contributed by atoms with E-state index in [0.29, 0.717) is 17.4 Å². The van der Waals surface area contributed by atoms with Gasteiger partial charge in [0.05, 0.1) is 6.61 Å². The highest BCUT2D eigenvalue weighted by Crippen LogP contribution is 2.44. The summed E-state index contributed by atoms with van der Waals surface area (Å²) in [5.41, 5.74) is 0.860. The van der Waals surface area contributed by atoms with E-state index in [1.165, 1.54) is 0 Å². The molecule has 1 fully saturated rings. The van der Waals surface area contributed by atoms with E-state index in [2.05, 4.69) is 0 Å². The molecule has 0 aliphatic carbocycles. The van der Waals surface area contributed by atoms with E-state index >= 15 is 0 Å². The lowest BCUT2D eigenvalue weighted by molar-refractivity contribution is -0.155. The highest BCUT2D eigenvalue weighted by atomic mass is 35.5. The molecule has 1 aliphatic rings. The molecule has 6 heteroatoms. The smallest absolute Gasteiger partial charge is 0.329 e. The Morgan fingerprint density at radius 2 is 2.09 bits per heavy atom. The van der Waals surface area contributed by atoms with E-state index < -0.39 is 6.04 Å². The van der Waals surface area contributed by atoms with Crippen LogP contribution in [0.15, 0.2) is 24.3 Å². The number of carbonyl (C=O) groups is 2. The topological polar surface area (TPSA) is 46.6 Å². The average molecular weight is 356 g/mol. The fourth-order valence-electron chi connectivity index (χ4n) is 2.47.